The van der Waals surface area contributed by atoms with Gasteiger partial charge in [0.15, 0.2) is 0 Å². The zero-order valence-corrected chi connectivity index (χ0v) is 24.5. The van der Waals surface area contributed by atoms with Crippen LogP contribution in [0.2, 0.25) is 0 Å². The van der Waals surface area contributed by atoms with Crippen molar-refractivity contribution in [1.82, 2.24) is 0 Å². The zero-order chi connectivity index (χ0) is 29.2. The molecule has 4 aromatic rings. The minimum Gasteiger partial charge on any atom is -0.359 e. The maximum absolute atomic E-state index is 3.74. The van der Waals surface area contributed by atoms with E-state index in [-0.39, 0.29) is 11.3 Å². The molecule has 0 radical (unpaired) electrons. The summed E-state index contributed by atoms with van der Waals surface area (Å²) < 4.78 is 0. The summed E-state index contributed by atoms with van der Waals surface area (Å²) in [5.41, 5.74) is 6.44. The number of allylic oxidation sites excluding steroid dienone is 4. The molecule has 4 N–H and O–H groups in total. The van der Waals surface area contributed by atoms with Gasteiger partial charge in [-0.3, -0.25) is 0 Å². The lowest BCUT2D eigenvalue weighted by Crippen LogP contribution is -2.45. The van der Waals surface area contributed by atoms with E-state index in [9.17, 15) is 0 Å². The van der Waals surface area contributed by atoms with Crippen LogP contribution in [0.15, 0.2) is 169 Å². The first-order chi connectivity index (χ1) is 21.2. The Morgan fingerprint density at radius 1 is 0.419 bits per heavy atom. The summed E-state index contributed by atoms with van der Waals surface area (Å²) in [6.07, 6.45) is 18.9. The molecule has 4 heteroatoms. The van der Waals surface area contributed by atoms with Crippen molar-refractivity contribution in [3.8, 4) is 0 Å². The molecule has 0 saturated heterocycles. The molecule has 2 aliphatic carbocycles. The zero-order valence-electron chi connectivity index (χ0n) is 24.5. The average molecular weight is 565 g/mol. The van der Waals surface area contributed by atoms with E-state index >= 15 is 0 Å². The SMILES string of the molecule is C1=CC(Nc2ccccc2)(Nc2ccccc2)CC=C1CCCC1=CCC(Nc2ccccc2)(Nc2ccccc2)C=C1. The fourth-order valence-corrected chi connectivity index (χ4v) is 5.77. The van der Waals surface area contributed by atoms with Crippen molar-refractivity contribution < 1.29 is 0 Å². The topological polar surface area (TPSA) is 48.1 Å². The largest absolute Gasteiger partial charge is 0.359 e. The van der Waals surface area contributed by atoms with Crippen molar-refractivity contribution in [2.75, 3.05) is 21.3 Å². The van der Waals surface area contributed by atoms with Crippen molar-refractivity contribution in [3.05, 3.63) is 169 Å². The highest BCUT2D eigenvalue weighted by Gasteiger charge is 2.29. The van der Waals surface area contributed by atoms with Crippen LogP contribution < -0.4 is 21.3 Å². The quantitative estimate of drug-likeness (QED) is 0.129. The van der Waals surface area contributed by atoms with E-state index < -0.39 is 0 Å². The van der Waals surface area contributed by atoms with Crippen LogP contribution in [-0.4, -0.2) is 11.3 Å². The first-order valence-corrected chi connectivity index (χ1v) is 15.3. The Kier molecular flexibility index (Phi) is 8.74. The fraction of sp³-hybridized carbons (Fsp3) is 0.179. The van der Waals surface area contributed by atoms with E-state index in [4.69, 9.17) is 0 Å². The van der Waals surface area contributed by atoms with E-state index in [0.717, 1.165) is 54.9 Å². The van der Waals surface area contributed by atoms with Crippen LogP contribution >= 0.6 is 0 Å². The van der Waals surface area contributed by atoms with Crippen LogP contribution in [0.25, 0.3) is 0 Å². The van der Waals surface area contributed by atoms with Gasteiger partial charge in [-0.25, -0.2) is 0 Å². The highest BCUT2D eigenvalue weighted by Crippen LogP contribution is 2.32. The highest BCUT2D eigenvalue weighted by molar-refractivity contribution is 5.57. The summed E-state index contributed by atoms with van der Waals surface area (Å²) in [4.78, 5) is 0. The van der Waals surface area contributed by atoms with Gasteiger partial charge in [0.05, 0.1) is 0 Å². The Balaban J connectivity index is 1.07. The number of hydrogen-bond donors (Lipinski definition) is 4. The van der Waals surface area contributed by atoms with Crippen molar-refractivity contribution in [2.24, 2.45) is 0 Å². The van der Waals surface area contributed by atoms with Crippen molar-refractivity contribution in [3.63, 3.8) is 0 Å². The summed E-state index contributed by atoms with van der Waals surface area (Å²) in [6.45, 7) is 0. The van der Waals surface area contributed by atoms with Gasteiger partial charge in [0.1, 0.15) is 11.3 Å². The normalized spacial score (nSPS) is 16.5. The first kappa shape index (κ1) is 28.2. The van der Waals surface area contributed by atoms with Crippen LogP contribution in [0.4, 0.5) is 22.7 Å². The molecule has 4 aromatic carbocycles. The number of nitrogens with one attached hydrogen (secondary N) is 4. The van der Waals surface area contributed by atoms with Gasteiger partial charge in [0.2, 0.25) is 0 Å². The smallest absolute Gasteiger partial charge is 0.131 e. The second-order valence-electron chi connectivity index (χ2n) is 11.4. The number of rotatable bonds is 12. The first-order valence-electron chi connectivity index (χ1n) is 15.3. The Morgan fingerprint density at radius 2 is 0.721 bits per heavy atom. The molecule has 216 valence electrons. The summed E-state index contributed by atoms with van der Waals surface area (Å²) >= 11 is 0. The summed E-state index contributed by atoms with van der Waals surface area (Å²) in [7, 11) is 0. The van der Waals surface area contributed by atoms with Crippen molar-refractivity contribution >= 4 is 22.7 Å². The van der Waals surface area contributed by atoms with Crippen LogP contribution in [0.5, 0.6) is 0 Å². The maximum atomic E-state index is 3.74. The van der Waals surface area contributed by atoms with Gasteiger partial charge >= 0.3 is 0 Å². The standard InChI is InChI=1S/C39H40N4/c1-5-16-34(17-6-1)40-38(41-35-18-7-2-8-19-35)28-24-32(25-29-38)14-13-15-33-26-30-39(31-27-33,42-36-20-9-3-10-21-36)43-37-22-11-4-12-23-37/h1-12,16-28,30,40-43H,13-15,29,31H2. The molecule has 4 nitrogen and oxygen atoms in total. The summed E-state index contributed by atoms with van der Waals surface area (Å²) in [6, 6.07) is 41.7. The van der Waals surface area contributed by atoms with E-state index in [1.807, 2.05) is 24.3 Å². The van der Waals surface area contributed by atoms with E-state index in [1.165, 1.54) is 11.1 Å². The second kappa shape index (κ2) is 13.3. The molecule has 0 bridgehead atoms. The molecular weight excluding hydrogens is 524 g/mol. The van der Waals surface area contributed by atoms with Crippen molar-refractivity contribution in [1.29, 1.82) is 0 Å². The summed E-state index contributed by atoms with van der Waals surface area (Å²) in [5, 5.41) is 15.0. The molecule has 0 heterocycles. The highest BCUT2D eigenvalue weighted by atomic mass is 15.2. The Morgan fingerprint density at radius 3 is 0.977 bits per heavy atom. The van der Waals surface area contributed by atoms with Gasteiger partial charge < -0.3 is 21.3 Å². The van der Waals surface area contributed by atoms with Crippen LogP contribution in [-0.2, 0) is 0 Å². The second-order valence-corrected chi connectivity index (χ2v) is 11.4. The molecule has 2 aliphatic rings. The molecule has 43 heavy (non-hydrogen) atoms. The van der Waals surface area contributed by atoms with Gasteiger partial charge in [0, 0.05) is 35.6 Å². The Bertz CT molecular complexity index is 1370. The molecule has 6 rings (SSSR count). The van der Waals surface area contributed by atoms with E-state index in [2.05, 4.69) is 155 Å². The molecule has 0 unspecified atom stereocenters. The molecule has 0 aromatic heterocycles. The van der Waals surface area contributed by atoms with Gasteiger partial charge in [0.25, 0.3) is 0 Å². The predicted molar refractivity (Wildman–Crippen MR) is 183 cm³/mol. The minimum absolute atomic E-state index is 0.373. The maximum Gasteiger partial charge on any atom is 0.131 e. The minimum atomic E-state index is -0.373. The van der Waals surface area contributed by atoms with Gasteiger partial charge in [-0.15, -0.1) is 0 Å². The third kappa shape index (κ3) is 7.66. The summed E-state index contributed by atoms with van der Waals surface area (Å²) in [5.74, 6) is 0. The van der Waals surface area contributed by atoms with Crippen molar-refractivity contribution in [2.45, 2.75) is 43.4 Å². The lowest BCUT2D eigenvalue weighted by Gasteiger charge is -2.36. The van der Waals surface area contributed by atoms with Gasteiger partial charge in [-0.1, -0.05) is 108 Å². The number of anilines is 4. The van der Waals surface area contributed by atoms with Crippen LogP contribution in [0, 0.1) is 0 Å². The lowest BCUT2D eigenvalue weighted by molar-refractivity contribution is 0.643. The lowest BCUT2D eigenvalue weighted by atomic mass is 9.90. The van der Waals surface area contributed by atoms with Crippen LogP contribution in [0.3, 0.4) is 0 Å². The molecule has 0 atom stereocenters. The number of para-hydroxylation sites is 4. The monoisotopic (exact) mass is 564 g/mol. The number of hydrogen-bond acceptors (Lipinski definition) is 4. The molecule has 0 spiro atoms. The van der Waals surface area contributed by atoms with E-state index in [0.29, 0.717) is 0 Å². The molecule has 0 fully saturated rings. The van der Waals surface area contributed by atoms with Gasteiger partial charge in [-0.05, 0) is 79.9 Å². The fourth-order valence-electron chi connectivity index (χ4n) is 5.77. The van der Waals surface area contributed by atoms with E-state index in [1.54, 1.807) is 0 Å². The molecule has 0 amide bonds. The third-order valence-electron chi connectivity index (χ3n) is 8.03. The van der Waals surface area contributed by atoms with Crippen LogP contribution in [0.1, 0.15) is 32.1 Å². The Labute approximate surface area is 256 Å². The van der Waals surface area contributed by atoms with Gasteiger partial charge in [-0.2, -0.15) is 0 Å². The molecule has 0 saturated carbocycles. The third-order valence-corrected chi connectivity index (χ3v) is 8.03. The number of benzene rings is 4. The average Bonchev–Trinajstić information content (AvgIpc) is 3.05. The molecule has 0 aliphatic heterocycles. The Hall–Kier alpha value is -4.96. The molecular formula is C39H40N4. The predicted octanol–water partition coefficient (Wildman–Crippen LogP) is 9.77.